The highest BCUT2D eigenvalue weighted by Gasteiger charge is 2.23. The number of rotatable bonds is 0. The highest BCUT2D eigenvalue weighted by Crippen LogP contribution is 2.36. The summed E-state index contributed by atoms with van der Waals surface area (Å²) in [5.41, 5.74) is 8.82. The summed E-state index contributed by atoms with van der Waals surface area (Å²) in [6.45, 7) is 2.47. The molecule has 38 heavy (non-hydrogen) atoms. The lowest BCUT2D eigenvalue weighted by Crippen LogP contribution is -2.18. The van der Waals surface area contributed by atoms with Crippen LogP contribution in [0, 0.1) is 11.8 Å². The molecule has 3 N–H and O–H groups in total. The van der Waals surface area contributed by atoms with Crippen molar-refractivity contribution in [1.82, 2.24) is 15.3 Å². The number of aliphatic imine (C=N–C) groups is 1. The van der Waals surface area contributed by atoms with Crippen LogP contribution in [0.4, 0.5) is 0 Å². The van der Waals surface area contributed by atoms with E-state index in [1.807, 2.05) is 0 Å². The highest BCUT2D eigenvalue weighted by atomic mass is 14.9. The maximum Gasteiger partial charge on any atom is 0.0462 e. The van der Waals surface area contributed by atoms with Gasteiger partial charge < -0.3 is 15.3 Å². The SMILES string of the molecule is CC1CCCCCCCC2=C3CC(CCCC1)CC(=N3)C=c1ccc([nH]1)=CC1=CCC(=Cc3ccc2[nH]3)N1. The molecular weight excluding hydrogens is 464 g/mol. The van der Waals surface area contributed by atoms with Crippen molar-refractivity contribution in [3.63, 3.8) is 0 Å². The number of aromatic nitrogens is 2. The summed E-state index contributed by atoms with van der Waals surface area (Å²) in [6.07, 6.45) is 26.8. The van der Waals surface area contributed by atoms with E-state index >= 15 is 0 Å². The second-order valence-electron chi connectivity index (χ2n) is 12.1. The predicted octanol–water partition coefficient (Wildman–Crippen LogP) is 7.34. The first kappa shape index (κ1) is 25.3. The second kappa shape index (κ2) is 11.8. The Morgan fingerprint density at radius 3 is 2.47 bits per heavy atom. The minimum absolute atomic E-state index is 0.675. The van der Waals surface area contributed by atoms with Gasteiger partial charge in [0, 0.05) is 51.3 Å². The maximum atomic E-state index is 5.37. The van der Waals surface area contributed by atoms with Gasteiger partial charge in [-0.25, -0.2) is 0 Å². The van der Waals surface area contributed by atoms with Crippen molar-refractivity contribution < 1.29 is 0 Å². The standard InChI is InChI=1S/C34H44N4/c1-24-9-5-3-2-4-6-12-32-33-18-17-30(37-33)22-28-14-13-26(35-28)21-27-15-16-29(36-27)23-31-19-25(11-8-7-10-24)20-34(32)38-31/h13,15-18,21-25,35-37H,2-12,14,19-20H2,1H3. The zero-order chi connectivity index (χ0) is 25.7. The second-order valence-corrected chi connectivity index (χ2v) is 12.1. The molecule has 2 aromatic rings. The van der Waals surface area contributed by atoms with E-state index in [2.05, 4.69) is 70.8 Å². The molecule has 0 aromatic carbocycles. The molecule has 0 saturated heterocycles. The summed E-state index contributed by atoms with van der Waals surface area (Å²) in [5.74, 6) is 1.55. The molecule has 0 fully saturated rings. The van der Waals surface area contributed by atoms with Crippen molar-refractivity contribution >= 4 is 29.5 Å². The fourth-order valence-electron chi connectivity index (χ4n) is 6.72. The lowest BCUT2D eigenvalue weighted by molar-refractivity contribution is 0.406. The average Bonchev–Trinajstić information content (AvgIpc) is 3.65. The molecule has 0 amide bonds. The van der Waals surface area contributed by atoms with Crippen LogP contribution in [0.3, 0.4) is 0 Å². The fraction of sp³-hybridized carbons (Fsp3) is 0.500. The van der Waals surface area contributed by atoms with Crippen molar-refractivity contribution in [2.75, 3.05) is 0 Å². The molecule has 2 atom stereocenters. The molecule has 6 rings (SSSR count). The van der Waals surface area contributed by atoms with Gasteiger partial charge in [-0.2, -0.15) is 0 Å². The van der Waals surface area contributed by atoms with Crippen molar-refractivity contribution in [2.24, 2.45) is 16.8 Å². The van der Waals surface area contributed by atoms with E-state index in [0.29, 0.717) is 5.92 Å². The zero-order valence-electron chi connectivity index (χ0n) is 23.1. The normalized spacial score (nSPS) is 25.0. The van der Waals surface area contributed by atoms with Crippen molar-refractivity contribution in [3.8, 4) is 0 Å². The Bertz CT molecular complexity index is 1380. The molecule has 4 heteroatoms. The molecule has 1 aliphatic carbocycles. The first-order chi connectivity index (χ1) is 18.7. The van der Waals surface area contributed by atoms with Crippen molar-refractivity contribution in [1.29, 1.82) is 0 Å². The van der Waals surface area contributed by atoms with Crippen LogP contribution in [0.1, 0.15) is 108 Å². The number of H-pyrrole nitrogens is 2. The average molecular weight is 509 g/mol. The van der Waals surface area contributed by atoms with Crippen LogP contribution in [0.2, 0.25) is 0 Å². The van der Waals surface area contributed by atoms with Gasteiger partial charge in [0.15, 0.2) is 0 Å². The Hall–Kier alpha value is -3.01. The number of nitrogens with one attached hydrogen (secondary N) is 3. The first-order valence-electron chi connectivity index (χ1n) is 15.2. The minimum atomic E-state index is 0.675. The molecule has 9 bridgehead atoms. The van der Waals surface area contributed by atoms with Gasteiger partial charge >= 0.3 is 0 Å². The summed E-state index contributed by atoms with van der Waals surface area (Å²) in [4.78, 5) is 12.8. The third-order valence-corrected chi connectivity index (χ3v) is 8.86. The molecule has 0 radical (unpaired) electrons. The number of fused-ring (bicyclic) bond motifs is 8. The number of hydrogen-bond acceptors (Lipinski definition) is 2. The summed E-state index contributed by atoms with van der Waals surface area (Å²) < 4.78 is 0. The van der Waals surface area contributed by atoms with E-state index in [9.17, 15) is 0 Å². The third kappa shape index (κ3) is 6.34. The van der Waals surface area contributed by atoms with E-state index in [1.165, 1.54) is 98.3 Å². The van der Waals surface area contributed by atoms with Crippen LogP contribution in [-0.2, 0) is 0 Å². The summed E-state index contributed by atoms with van der Waals surface area (Å²) in [7, 11) is 0. The molecule has 3 aliphatic heterocycles. The van der Waals surface area contributed by atoms with Crippen LogP contribution < -0.4 is 16.0 Å². The van der Waals surface area contributed by atoms with Crippen molar-refractivity contribution in [2.45, 2.75) is 96.8 Å². The monoisotopic (exact) mass is 508 g/mol. The highest BCUT2D eigenvalue weighted by molar-refractivity contribution is 6.11. The first-order valence-corrected chi connectivity index (χ1v) is 15.2. The third-order valence-electron chi connectivity index (χ3n) is 8.86. The Kier molecular flexibility index (Phi) is 7.85. The van der Waals surface area contributed by atoms with Crippen LogP contribution >= 0.6 is 0 Å². The topological polar surface area (TPSA) is 56.0 Å². The molecule has 4 aliphatic rings. The molecule has 2 aromatic heterocycles. The molecule has 0 saturated carbocycles. The summed E-state index contributed by atoms with van der Waals surface area (Å²) in [6, 6.07) is 8.91. The molecular formula is C34H44N4. The molecule has 200 valence electrons. The van der Waals surface area contributed by atoms with E-state index in [-0.39, 0.29) is 0 Å². The van der Waals surface area contributed by atoms with E-state index in [0.717, 1.165) is 48.0 Å². The van der Waals surface area contributed by atoms with Gasteiger partial charge in [-0.15, -0.1) is 0 Å². The Labute approximate surface area is 227 Å². The fourth-order valence-corrected chi connectivity index (χ4v) is 6.72. The van der Waals surface area contributed by atoms with Crippen LogP contribution in [0.15, 0.2) is 52.4 Å². The van der Waals surface area contributed by atoms with Crippen LogP contribution in [0.25, 0.3) is 23.8 Å². The van der Waals surface area contributed by atoms with Gasteiger partial charge in [-0.3, -0.25) is 4.99 Å². The Morgan fingerprint density at radius 2 is 1.55 bits per heavy atom. The number of allylic oxidation sites excluding steroid dienone is 4. The van der Waals surface area contributed by atoms with E-state index in [1.54, 1.807) is 0 Å². The molecule has 4 nitrogen and oxygen atoms in total. The number of nitrogens with zero attached hydrogens (tertiary/aromatic N) is 1. The van der Waals surface area contributed by atoms with E-state index in [4.69, 9.17) is 4.99 Å². The minimum Gasteiger partial charge on any atom is -0.359 e. The van der Waals surface area contributed by atoms with Gasteiger partial charge in [0.2, 0.25) is 0 Å². The largest absolute Gasteiger partial charge is 0.359 e. The predicted molar refractivity (Wildman–Crippen MR) is 161 cm³/mol. The van der Waals surface area contributed by atoms with Gasteiger partial charge in [0.25, 0.3) is 0 Å². The Morgan fingerprint density at radius 1 is 0.763 bits per heavy atom. The zero-order valence-corrected chi connectivity index (χ0v) is 23.1. The quantitative estimate of drug-likeness (QED) is 0.343. The molecule has 5 heterocycles. The molecule has 0 spiro atoms. The van der Waals surface area contributed by atoms with Crippen LogP contribution in [0.5, 0.6) is 0 Å². The number of aromatic amines is 2. The smallest absolute Gasteiger partial charge is 0.0462 e. The summed E-state index contributed by atoms with van der Waals surface area (Å²) in [5, 5.41) is 5.87. The Balaban J connectivity index is 1.41. The lowest BCUT2D eigenvalue weighted by Gasteiger charge is -2.25. The van der Waals surface area contributed by atoms with E-state index < -0.39 is 0 Å². The molecule has 2 unspecified atom stereocenters. The van der Waals surface area contributed by atoms with Gasteiger partial charge in [-0.1, -0.05) is 64.4 Å². The van der Waals surface area contributed by atoms with Gasteiger partial charge in [0.05, 0.1) is 0 Å². The maximum absolute atomic E-state index is 5.37. The number of hydrogen-bond donors (Lipinski definition) is 3. The summed E-state index contributed by atoms with van der Waals surface area (Å²) >= 11 is 0. The van der Waals surface area contributed by atoms with Gasteiger partial charge in [-0.05, 0) is 92.0 Å². The van der Waals surface area contributed by atoms with Gasteiger partial charge in [0.1, 0.15) is 0 Å². The lowest BCUT2D eigenvalue weighted by atomic mass is 9.85. The van der Waals surface area contributed by atoms with Crippen molar-refractivity contribution in [3.05, 3.63) is 69.5 Å². The van der Waals surface area contributed by atoms with Crippen LogP contribution in [-0.4, -0.2) is 15.7 Å².